The number of nitrogens with zero attached hydrogens (tertiary/aromatic N) is 1. The van der Waals surface area contributed by atoms with Gasteiger partial charge in [0.25, 0.3) is 10.0 Å². The van der Waals surface area contributed by atoms with Gasteiger partial charge in [0.1, 0.15) is 5.54 Å². The molecule has 1 heterocycles. The van der Waals surface area contributed by atoms with Crippen molar-refractivity contribution in [1.82, 2.24) is 4.31 Å². The highest BCUT2D eigenvalue weighted by Crippen LogP contribution is 2.57. The fourth-order valence-electron chi connectivity index (χ4n) is 4.72. The van der Waals surface area contributed by atoms with Crippen molar-refractivity contribution >= 4 is 27.6 Å². The van der Waals surface area contributed by atoms with Crippen LogP contribution in [0.15, 0.2) is 76.2 Å². The third kappa shape index (κ3) is 3.71. The molecule has 174 valence electrons. The lowest BCUT2D eigenvalue weighted by Crippen LogP contribution is -2.49. The van der Waals surface area contributed by atoms with E-state index in [1.165, 1.54) is 52.5 Å². The quantitative estimate of drug-likeness (QED) is 0.552. The Bertz CT molecular complexity index is 1260. The second kappa shape index (κ2) is 8.06. The zero-order valence-electron chi connectivity index (χ0n) is 18.2. The summed E-state index contributed by atoms with van der Waals surface area (Å²) in [5.74, 6) is -0.696. The van der Waals surface area contributed by atoms with Crippen molar-refractivity contribution in [3.8, 4) is 0 Å². The summed E-state index contributed by atoms with van der Waals surface area (Å²) in [7, 11) is -4.10. The molecule has 0 saturated heterocycles. The van der Waals surface area contributed by atoms with E-state index >= 15 is 0 Å². The molecule has 9 heteroatoms. The minimum absolute atomic E-state index is 0.0605. The number of rotatable bonds is 4. The minimum atomic E-state index is -4.52. The van der Waals surface area contributed by atoms with Crippen LogP contribution in [-0.4, -0.2) is 24.8 Å². The number of carbonyl (C=O) groups excluding carboxylic acids is 1. The summed E-state index contributed by atoms with van der Waals surface area (Å²) in [4.78, 5) is 13.2. The molecule has 1 aliphatic carbocycles. The highest BCUT2D eigenvalue weighted by Gasteiger charge is 2.57. The molecule has 33 heavy (non-hydrogen) atoms. The number of halogens is 3. The van der Waals surface area contributed by atoms with E-state index in [2.05, 4.69) is 0 Å². The number of carbonyl (C=O) groups is 1. The van der Waals surface area contributed by atoms with Crippen molar-refractivity contribution in [2.75, 3.05) is 6.26 Å². The Morgan fingerprint density at radius 2 is 1.64 bits per heavy atom. The first kappa shape index (κ1) is 23.6. The molecule has 1 aliphatic heterocycles. The summed E-state index contributed by atoms with van der Waals surface area (Å²) >= 11 is 1.35. The average molecular weight is 494 g/mol. The van der Waals surface area contributed by atoms with Gasteiger partial charge in [0.2, 0.25) is 0 Å². The van der Waals surface area contributed by atoms with Crippen LogP contribution in [0, 0.1) is 12.8 Å². The van der Waals surface area contributed by atoms with Gasteiger partial charge in [-0.25, -0.2) is 8.42 Å². The largest absolute Gasteiger partial charge is 0.416 e. The van der Waals surface area contributed by atoms with E-state index < -0.39 is 33.2 Å². The molecule has 2 aliphatic rings. The second-order valence-electron chi connectivity index (χ2n) is 8.19. The van der Waals surface area contributed by atoms with Gasteiger partial charge in [-0.15, -0.1) is 11.8 Å². The molecule has 0 unspecified atom stereocenters. The Hall–Kier alpha value is -2.52. The summed E-state index contributed by atoms with van der Waals surface area (Å²) < 4.78 is 68.8. The van der Waals surface area contributed by atoms with Crippen molar-refractivity contribution in [2.45, 2.75) is 36.9 Å². The monoisotopic (exact) mass is 493 g/mol. The molecule has 4 rings (SSSR count). The Morgan fingerprint density at radius 3 is 2.18 bits per heavy atom. The van der Waals surface area contributed by atoms with Crippen LogP contribution in [0.3, 0.4) is 0 Å². The van der Waals surface area contributed by atoms with Gasteiger partial charge < -0.3 is 0 Å². The number of sulfonamides is 1. The molecule has 0 N–H and O–H groups in total. The number of benzene rings is 2. The molecule has 0 fully saturated rings. The van der Waals surface area contributed by atoms with Crippen LogP contribution in [-0.2, 0) is 26.5 Å². The van der Waals surface area contributed by atoms with Gasteiger partial charge >= 0.3 is 6.18 Å². The smallest absolute Gasteiger partial charge is 0.295 e. The van der Waals surface area contributed by atoms with Gasteiger partial charge in [-0.1, -0.05) is 29.8 Å². The van der Waals surface area contributed by atoms with Crippen LogP contribution >= 0.6 is 11.8 Å². The van der Waals surface area contributed by atoms with E-state index in [4.69, 9.17) is 0 Å². The third-order valence-electron chi connectivity index (χ3n) is 6.23. The first-order valence-corrected chi connectivity index (χ1v) is 12.9. The lowest BCUT2D eigenvalue weighted by Gasteiger charge is -2.43. The van der Waals surface area contributed by atoms with Gasteiger partial charge in [0.15, 0.2) is 5.78 Å². The Kier molecular flexibility index (Phi) is 5.77. The van der Waals surface area contributed by atoms with E-state index in [9.17, 15) is 26.4 Å². The number of alkyl halides is 3. The van der Waals surface area contributed by atoms with Crippen molar-refractivity contribution in [1.29, 1.82) is 0 Å². The molecule has 0 saturated carbocycles. The molecule has 0 amide bonds. The van der Waals surface area contributed by atoms with E-state index in [-0.39, 0.29) is 17.1 Å². The van der Waals surface area contributed by atoms with Crippen LogP contribution in [0.2, 0.25) is 0 Å². The molecule has 0 spiro atoms. The lowest BCUT2D eigenvalue weighted by atomic mass is 9.73. The van der Waals surface area contributed by atoms with Crippen molar-refractivity contribution in [3.05, 3.63) is 88.0 Å². The summed E-state index contributed by atoms with van der Waals surface area (Å²) in [6.45, 7) is 3.53. The van der Waals surface area contributed by atoms with Crippen molar-refractivity contribution < 1.29 is 26.4 Å². The number of hydrogen-bond acceptors (Lipinski definition) is 4. The first-order valence-electron chi connectivity index (χ1n) is 10.2. The van der Waals surface area contributed by atoms with Crippen LogP contribution in [0.5, 0.6) is 0 Å². The maximum absolute atomic E-state index is 13.9. The fraction of sp³-hybridized carbons (Fsp3) is 0.292. The zero-order valence-corrected chi connectivity index (χ0v) is 19.8. The fourth-order valence-corrected chi connectivity index (χ4v) is 7.55. The standard InChI is InChI=1S/C24H22F3NO3S2/c1-15-4-10-20(11-5-15)33(30,31)28-16(2)22(32-3)21-14-19(29)12-13-23(21,28)17-6-8-18(9-7-17)24(25,26)27/h4-13,21H,14H2,1-3H3/t21-,23+/m0/s1. The number of thioether (sulfide) groups is 1. The van der Waals surface area contributed by atoms with Crippen LogP contribution in [0.25, 0.3) is 0 Å². The van der Waals surface area contributed by atoms with Gasteiger partial charge in [0, 0.05) is 22.9 Å². The van der Waals surface area contributed by atoms with Crippen LogP contribution in [0.4, 0.5) is 13.2 Å². The van der Waals surface area contributed by atoms with Gasteiger partial charge in [0.05, 0.1) is 10.5 Å². The molecule has 2 atom stereocenters. The SMILES string of the molecule is CSC1=C(C)N(S(=O)(=O)c2ccc(C)cc2)[C@@]2(c3ccc(C(F)(F)F)cc3)C=CC(=O)C[C@@H]12. The van der Waals surface area contributed by atoms with Crippen LogP contribution in [0.1, 0.15) is 30.0 Å². The van der Waals surface area contributed by atoms with Gasteiger partial charge in [-0.05, 0) is 62.1 Å². The minimum Gasteiger partial charge on any atom is -0.295 e. The summed E-state index contributed by atoms with van der Waals surface area (Å²) in [5, 5.41) is 0. The maximum atomic E-state index is 13.9. The molecule has 2 aromatic rings. The number of fused-ring (bicyclic) bond motifs is 1. The Morgan fingerprint density at radius 1 is 1.03 bits per heavy atom. The highest BCUT2D eigenvalue weighted by atomic mass is 32.2. The molecule has 0 aromatic heterocycles. The van der Waals surface area contributed by atoms with E-state index in [1.807, 2.05) is 6.92 Å². The first-order chi connectivity index (χ1) is 15.4. The summed E-state index contributed by atoms with van der Waals surface area (Å²) in [6.07, 6.45) is 0.217. The molecule has 2 aromatic carbocycles. The Labute approximate surface area is 195 Å². The van der Waals surface area contributed by atoms with E-state index in [0.29, 0.717) is 11.3 Å². The number of hydrogen-bond donors (Lipinski definition) is 0. The van der Waals surface area contributed by atoms with Crippen molar-refractivity contribution in [2.24, 2.45) is 5.92 Å². The predicted octanol–water partition coefficient (Wildman–Crippen LogP) is 5.65. The number of aryl methyl sites for hydroxylation is 1. The molecule has 0 radical (unpaired) electrons. The van der Waals surface area contributed by atoms with E-state index in [1.54, 1.807) is 25.3 Å². The maximum Gasteiger partial charge on any atom is 0.416 e. The van der Waals surface area contributed by atoms with Crippen LogP contribution < -0.4 is 0 Å². The normalized spacial score (nSPS) is 23.3. The number of allylic oxidation sites excluding steroid dienone is 2. The highest BCUT2D eigenvalue weighted by molar-refractivity contribution is 8.02. The Balaban J connectivity index is 1.98. The summed E-state index contributed by atoms with van der Waals surface area (Å²) in [5.41, 5.74) is -0.429. The lowest BCUT2D eigenvalue weighted by molar-refractivity contribution is -0.137. The second-order valence-corrected chi connectivity index (χ2v) is 10.8. The molecule has 0 bridgehead atoms. The molecular formula is C24H22F3NO3S2. The van der Waals surface area contributed by atoms with Gasteiger partial charge in [-0.2, -0.15) is 13.2 Å². The van der Waals surface area contributed by atoms with Gasteiger partial charge in [-0.3, -0.25) is 9.10 Å². The number of ketones is 1. The average Bonchev–Trinajstić information content (AvgIpc) is 3.01. The third-order valence-corrected chi connectivity index (χ3v) is 9.17. The molecular weight excluding hydrogens is 471 g/mol. The topological polar surface area (TPSA) is 54.5 Å². The van der Waals surface area contributed by atoms with Crippen molar-refractivity contribution in [3.63, 3.8) is 0 Å². The predicted molar refractivity (Wildman–Crippen MR) is 122 cm³/mol. The zero-order chi connectivity index (χ0) is 24.2. The van der Waals surface area contributed by atoms with E-state index in [0.717, 1.165) is 22.6 Å². The summed E-state index contributed by atoms with van der Waals surface area (Å²) in [6, 6.07) is 10.9. The molecule has 4 nitrogen and oxygen atoms in total.